The van der Waals surface area contributed by atoms with Crippen LogP contribution in [0.2, 0.25) is 5.02 Å². The van der Waals surface area contributed by atoms with Gasteiger partial charge in [0, 0.05) is 11.0 Å². The maximum atomic E-state index is 12.2. The van der Waals surface area contributed by atoms with E-state index in [9.17, 15) is 8.42 Å². The number of rotatable bonds is 4. The van der Waals surface area contributed by atoms with Crippen LogP contribution in [-0.2, 0) is 10.0 Å². The van der Waals surface area contributed by atoms with Gasteiger partial charge in [0.05, 0.1) is 5.02 Å². The molecule has 0 aromatic heterocycles. The summed E-state index contributed by atoms with van der Waals surface area (Å²) < 4.78 is 27.6. The van der Waals surface area contributed by atoms with Crippen molar-refractivity contribution in [2.24, 2.45) is 5.92 Å². The highest BCUT2D eigenvalue weighted by atomic mass is 79.9. The number of hydrogen-bond acceptors (Lipinski definition) is 3. The van der Waals surface area contributed by atoms with Gasteiger partial charge in [-0.15, -0.1) is 12.4 Å². The quantitative estimate of drug-likeness (QED) is 0.812. The monoisotopic (exact) mass is 402 g/mol. The molecule has 1 aromatic rings. The van der Waals surface area contributed by atoms with Gasteiger partial charge in [0.1, 0.15) is 4.90 Å². The highest BCUT2D eigenvalue weighted by Gasteiger charge is 2.21. The maximum absolute atomic E-state index is 12.2. The van der Waals surface area contributed by atoms with E-state index in [2.05, 4.69) is 26.0 Å². The molecular formula is C12H17BrCl2N2O2S. The van der Waals surface area contributed by atoms with E-state index in [1.54, 1.807) is 12.1 Å². The van der Waals surface area contributed by atoms with Crippen molar-refractivity contribution in [3.05, 3.63) is 27.7 Å². The fourth-order valence-electron chi connectivity index (χ4n) is 2.10. The van der Waals surface area contributed by atoms with Crippen LogP contribution in [0.25, 0.3) is 0 Å². The molecule has 0 bridgehead atoms. The number of benzene rings is 1. The number of hydrogen-bond donors (Lipinski definition) is 2. The number of piperidine rings is 1. The summed E-state index contributed by atoms with van der Waals surface area (Å²) in [7, 11) is -3.55. The van der Waals surface area contributed by atoms with E-state index in [-0.39, 0.29) is 22.3 Å². The van der Waals surface area contributed by atoms with Crippen molar-refractivity contribution in [1.29, 1.82) is 0 Å². The first-order valence-corrected chi connectivity index (χ1v) is 8.80. The zero-order chi connectivity index (χ0) is 13.9. The molecule has 2 rings (SSSR count). The van der Waals surface area contributed by atoms with Crippen molar-refractivity contribution < 1.29 is 8.42 Å². The molecule has 2 N–H and O–H groups in total. The lowest BCUT2D eigenvalue weighted by molar-refractivity contribution is 0.376. The molecule has 1 saturated heterocycles. The predicted octanol–water partition coefficient (Wildman–Crippen LogP) is 2.80. The molecule has 1 fully saturated rings. The van der Waals surface area contributed by atoms with Gasteiger partial charge in [-0.2, -0.15) is 0 Å². The molecule has 1 aromatic carbocycles. The topological polar surface area (TPSA) is 58.2 Å². The Morgan fingerprint density at radius 2 is 2.20 bits per heavy atom. The van der Waals surface area contributed by atoms with Crippen molar-refractivity contribution in [1.82, 2.24) is 10.0 Å². The zero-order valence-electron chi connectivity index (χ0n) is 10.7. The van der Waals surface area contributed by atoms with Crippen LogP contribution in [-0.4, -0.2) is 28.1 Å². The molecule has 1 heterocycles. The van der Waals surface area contributed by atoms with Crippen LogP contribution >= 0.6 is 39.9 Å². The zero-order valence-corrected chi connectivity index (χ0v) is 14.7. The first-order chi connectivity index (χ1) is 9.00. The predicted molar refractivity (Wildman–Crippen MR) is 87.2 cm³/mol. The van der Waals surface area contributed by atoms with Crippen LogP contribution in [0, 0.1) is 5.92 Å². The molecule has 8 heteroatoms. The van der Waals surface area contributed by atoms with Crippen molar-refractivity contribution in [2.45, 2.75) is 17.7 Å². The van der Waals surface area contributed by atoms with Gasteiger partial charge < -0.3 is 5.32 Å². The molecule has 1 unspecified atom stereocenters. The Hall–Kier alpha value is 0.150. The number of nitrogens with one attached hydrogen (secondary N) is 2. The summed E-state index contributed by atoms with van der Waals surface area (Å²) in [6.07, 6.45) is 2.13. The molecule has 0 radical (unpaired) electrons. The maximum Gasteiger partial charge on any atom is 0.242 e. The van der Waals surface area contributed by atoms with E-state index in [0.717, 1.165) is 25.9 Å². The minimum Gasteiger partial charge on any atom is -0.316 e. The first kappa shape index (κ1) is 18.2. The molecule has 0 saturated carbocycles. The third-order valence-electron chi connectivity index (χ3n) is 3.17. The lowest BCUT2D eigenvalue weighted by Crippen LogP contribution is -2.38. The molecule has 114 valence electrons. The average molecular weight is 404 g/mol. The Bertz CT molecular complexity index is 548. The molecule has 0 spiro atoms. The van der Waals surface area contributed by atoms with Gasteiger partial charge in [0.15, 0.2) is 0 Å². The van der Waals surface area contributed by atoms with E-state index in [4.69, 9.17) is 11.6 Å². The highest BCUT2D eigenvalue weighted by Crippen LogP contribution is 2.29. The second kappa shape index (κ2) is 7.96. The second-order valence-electron chi connectivity index (χ2n) is 4.62. The molecule has 1 aliphatic rings. The largest absolute Gasteiger partial charge is 0.316 e. The van der Waals surface area contributed by atoms with Gasteiger partial charge in [0.2, 0.25) is 10.0 Å². The molecule has 0 aliphatic carbocycles. The van der Waals surface area contributed by atoms with Gasteiger partial charge in [0.25, 0.3) is 0 Å². The van der Waals surface area contributed by atoms with Crippen LogP contribution < -0.4 is 10.0 Å². The van der Waals surface area contributed by atoms with Crippen LogP contribution in [0.5, 0.6) is 0 Å². The van der Waals surface area contributed by atoms with Crippen molar-refractivity contribution in [3.63, 3.8) is 0 Å². The minimum atomic E-state index is -3.55. The minimum absolute atomic E-state index is 0. The van der Waals surface area contributed by atoms with Gasteiger partial charge in [-0.3, -0.25) is 0 Å². The molecule has 1 aliphatic heterocycles. The van der Waals surface area contributed by atoms with Gasteiger partial charge in [-0.25, -0.2) is 13.1 Å². The summed E-state index contributed by atoms with van der Waals surface area (Å²) in [4.78, 5) is 0.118. The molecule has 0 amide bonds. The summed E-state index contributed by atoms with van der Waals surface area (Å²) in [6, 6.07) is 4.88. The molecular weight excluding hydrogens is 387 g/mol. The smallest absolute Gasteiger partial charge is 0.242 e. The van der Waals surface area contributed by atoms with Crippen molar-refractivity contribution in [2.75, 3.05) is 19.6 Å². The summed E-state index contributed by atoms with van der Waals surface area (Å²) in [6.45, 7) is 2.31. The van der Waals surface area contributed by atoms with Gasteiger partial charge >= 0.3 is 0 Å². The molecule has 20 heavy (non-hydrogen) atoms. The second-order valence-corrected chi connectivity index (χ2v) is 7.58. The van der Waals surface area contributed by atoms with Crippen molar-refractivity contribution >= 4 is 50.0 Å². The number of sulfonamides is 1. The Morgan fingerprint density at radius 1 is 1.45 bits per heavy atom. The summed E-state index contributed by atoms with van der Waals surface area (Å²) in [5, 5.41) is 3.48. The van der Waals surface area contributed by atoms with E-state index < -0.39 is 10.0 Å². The summed E-state index contributed by atoms with van der Waals surface area (Å²) in [5.74, 6) is 0.342. The SMILES string of the molecule is Cl.O=S(=O)(NCC1CCCNC1)c1cccc(Br)c1Cl. The van der Waals surface area contributed by atoms with Crippen LogP contribution in [0.1, 0.15) is 12.8 Å². The lowest BCUT2D eigenvalue weighted by Gasteiger charge is -2.23. The highest BCUT2D eigenvalue weighted by molar-refractivity contribution is 9.10. The molecule has 4 nitrogen and oxygen atoms in total. The van der Waals surface area contributed by atoms with E-state index in [0.29, 0.717) is 16.9 Å². The average Bonchev–Trinajstić information content (AvgIpc) is 2.41. The Kier molecular flexibility index (Phi) is 7.24. The third-order valence-corrected chi connectivity index (χ3v) is 6.04. The Morgan fingerprint density at radius 3 is 2.85 bits per heavy atom. The van der Waals surface area contributed by atoms with E-state index in [1.807, 2.05) is 0 Å². The number of halogens is 3. The van der Waals surface area contributed by atoms with Crippen molar-refractivity contribution in [3.8, 4) is 0 Å². The molecule has 1 atom stereocenters. The fraction of sp³-hybridized carbons (Fsp3) is 0.500. The first-order valence-electron chi connectivity index (χ1n) is 6.15. The Balaban J connectivity index is 0.00000200. The van der Waals surface area contributed by atoms with Crippen LogP contribution in [0.4, 0.5) is 0 Å². The van der Waals surface area contributed by atoms with Gasteiger partial charge in [-0.05, 0) is 59.9 Å². The summed E-state index contributed by atoms with van der Waals surface area (Å²) in [5.41, 5.74) is 0. The lowest BCUT2D eigenvalue weighted by atomic mass is 10.0. The summed E-state index contributed by atoms with van der Waals surface area (Å²) >= 11 is 9.25. The van der Waals surface area contributed by atoms with E-state index in [1.165, 1.54) is 6.07 Å². The van der Waals surface area contributed by atoms with E-state index >= 15 is 0 Å². The van der Waals surface area contributed by atoms with Crippen LogP contribution in [0.3, 0.4) is 0 Å². The normalized spacial score (nSPS) is 19.4. The third kappa shape index (κ3) is 4.58. The Labute approximate surface area is 139 Å². The fourth-order valence-corrected chi connectivity index (χ4v) is 4.24. The van der Waals surface area contributed by atoms with Gasteiger partial charge in [-0.1, -0.05) is 17.7 Å². The standard InChI is InChI=1S/C12H16BrClN2O2S.ClH/c13-10-4-1-5-11(12(10)14)19(17,18)16-8-9-3-2-6-15-7-9;/h1,4-5,9,15-16H,2-3,6-8H2;1H. The van der Waals surface area contributed by atoms with Crippen LogP contribution in [0.15, 0.2) is 27.6 Å².